The summed E-state index contributed by atoms with van der Waals surface area (Å²) in [5.41, 5.74) is 0.967. The first kappa shape index (κ1) is 17.7. The van der Waals surface area contributed by atoms with Gasteiger partial charge >= 0.3 is 0 Å². The maximum absolute atomic E-state index is 12.7. The van der Waals surface area contributed by atoms with E-state index in [1.54, 1.807) is 0 Å². The maximum atomic E-state index is 12.7. The molecule has 1 N–H and O–H groups in total. The molecule has 2 atom stereocenters. The van der Waals surface area contributed by atoms with E-state index in [0.717, 1.165) is 36.7 Å². The van der Waals surface area contributed by atoms with Crippen LogP contribution in [0.4, 0.5) is 4.79 Å². The molecule has 0 unspecified atom stereocenters. The first-order valence-electron chi connectivity index (χ1n) is 8.91. The summed E-state index contributed by atoms with van der Waals surface area (Å²) >= 11 is 1.02. The molecule has 0 spiro atoms. The van der Waals surface area contributed by atoms with Gasteiger partial charge in [-0.1, -0.05) is 42.8 Å². The molecule has 1 aromatic heterocycles. The molecule has 9 heteroatoms. The summed E-state index contributed by atoms with van der Waals surface area (Å²) in [5, 5.41) is 11.1. The van der Waals surface area contributed by atoms with Gasteiger partial charge in [-0.25, -0.2) is 0 Å². The van der Waals surface area contributed by atoms with Crippen molar-refractivity contribution in [2.45, 2.75) is 37.8 Å². The van der Waals surface area contributed by atoms with Crippen LogP contribution in [0, 0.1) is 0 Å². The van der Waals surface area contributed by atoms with Crippen molar-refractivity contribution in [3.63, 3.8) is 0 Å². The van der Waals surface area contributed by atoms with Crippen molar-refractivity contribution < 1.29 is 14.4 Å². The summed E-state index contributed by atoms with van der Waals surface area (Å²) < 4.78 is 0. The van der Waals surface area contributed by atoms with E-state index >= 15 is 0 Å². The molecule has 1 aliphatic heterocycles. The lowest BCUT2D eigenvalue weighted by Gasteiger charge is -2.36. The highest BCUT2D eigenvalue weighted by molar-refractivity contribution is 8.14. The fraction of sp³-hybridized carbons (Fsp3) is 0.389. The molecule has 1 aliphatic carbocycles. The van der Waals surface area contributed by atoms with Crippen molar-refractivity contribution in [1.82, 2.24) is 25.2 Å². The molecule has 8 nitrogen and oxygen atoms in total. The van der Waals surface area contributed by atoms with Crippen molar-refractivity contribution in [2.75, 3.05) is 5.75 Å². The Bertz CT molecular complexity index is 853. The molecule has 2 heterocycles. The number of carbonyl (C=O) groups is 3. The van der Waals surface area contributed by atoms with Crippen LogP contribution in [0.2, 0.25) is 0 Å². The lowest BCUT2D eigenvalue weighted by atomic mass is 9.89. The summed E-state index contributed by atoms with van der Waals surface area (Å²) in [6.45, 7) is 0. The van der Waals surface area contributed by atoms with Crippen molar-refractivity contribution >= 4 is 28.8 Å². The van der Waals surface area contributed by atoms with Crippen molar-refractivity contribution in [3.05, 3.63) is 42.2 Å². The molecule has 2 aromatic rings. The first-order valence-corrected chi connectivity index (χ1v) is 9.89. The fourth-order valence-electron chi connectivity index (χ4n) is 3.57. The lowest BCUT2D eigenvalue weighted by Crippen LogP contribution is -2.54. The van der Waals surface area contributed by atoms with E-state index in [1.807, 2.05) is 30.3 Å². The molecule has 3 amide bonds. The number of amides is 3. The van der Waals surface area contributed by atoms with Gasteiger partial charge in [-0.2, -0.15) is 9.90 Å². The SMILES string of the molecule is O=C(N[C@@H]1CCCC[C@H]1N1C(=O)CSC1=O)c1cnn(-c2ccccc2)n1. The van der Waals surface area contributed by atoms with E-state index < -0.39 is 0 Å². The fourth-order valence-corrected chi connectivity index (χ4v) is 4.33. The van der Waals surface area contributed by atoms with E-state index in [4.69, 9.17) is 0 Å². The monoisotopic (exact) mass is 385 g/mol. The predicted molar refractivity (Wildman–Crippen MR) is 99.6 cm³/mol. The molecule has 4 rings (SSSR count). The molecule has 1 saturated carbocycles. The van der Waals surface area contributed by atoms with Gasteiger partial charge in [0.25, 0.3) is 11.1 Å². The minimum absolute atomic E-state index is 0.175. The predicted octanol–water partition coefficient (Wildman–Crippen LogP) is 2.00. The average molecular weight is 385 g/mol. The maximum Gasteiger partial charge on any atom is 0.289 e. The minimum Gasteiger partial charge on any atom is -0.346 e. The zero-order chi connectivity index (χ0) is 18.8. The van der Waals surface area contributed by atoms with Crippen LogP contribution >= 0.6 is 11.8 Å². The van der Waals surface area contributed by atoms with E-state index in [9.17, 15) is 14.4 Å². The first-order chi connectivity index (χ1) is 13.1. The number of hydrogen-bond donors (Lipinski definition) is 1. The normalized spacial score (nSPS) is 22.9. The molecular weight excluding hydrogens is 366 g/mol. The number of benzene rings is 1. The zero-order valence-corrected chi connectivity index (χ0v) is 15.4. The Morgan fingerprint density at radius 3 is 2.67 bits per heavy atom. The third-order valence-electron chi connectivity index (χ3n) is 4.87. The number of aromatic nitrogens is 3. The van der Waals surface area contributed by atoms with Crippen LogP contribution in [0.3, 0.4) is 0 Å². The third kappa shape index (κ3) is 3.59. The standard InChI is InChI=1S/C18H19N5O3S/c24-16-11-27-18(26)22(16)15-9-5-4-8-13(15)20-17(25)14-10-19-23(21-14)12-6-2-1-3-7-12/h1-3,6-7,10,13,15H,4-5,8-9,11H2,(H,20,25)/t13-,15-/m1/s1. The molecule has 0 radical (unpaired) electrons. The van der Waals surface area contributed by atoms with Gasteiger partial charge in [0.1, 0.15) is 0 Å². The van der Waals surface area contributed by atoms with Gasteiger partial charge in [0, 0.05) is 0 Å². The Hall–Kier alpha value is -2.68. The summed E-state index contributed by atoms with van der Waals surface area (Å²) in [6.07, 6.45) is 4.73. The Morgan fingerprint density at radius 2 is 1.93 bits per heavy atom. The van der Waals surface area contributed by atoms with Crippen molar-refractivity contribution in [2.24, 2.45) is 0 Å². The highest BCUT2D eigenvalue weighted by atomic mass is 32.2. The van der Waals surface area contributed by atoms with Crippen LogP contribution in [0.15, 0.2) is 36.5 Å². The quantitative estimate of drug-likeness (QED) is 0.865. The molecular formula is C18H19N5O3S. The van der Waals surface area contributed by atoms with Gasteiger partial charge < -0.3 is 5.32 Å². The largest absolute Gasteiger partial charge is 0.346 e. The molecule has 140 valence electrons. The van der Waals surface area contributed by atoms with Gasteiger partial charge in [0.15, 0.2) is 5.69 Å². The topological polar surface area (TPSA) is 97.2 Å². The number of para-hydroxylation sites is 1. The van der Waals surface area contributed by atoms with Gasteiger partial charge in [-0.15, -0.1) is 5.10 Å². The van der Waals surface area contributed by atoms with Crippen LogP contribution < -0.4 is 5.32 Å². The Kier molecular flexibility index (Phi) is 4.93. The van der Waals surface area contributed by atoms with Crippen LogP contribution in [-0.4, -0.2) is 54.8 Å². The molecule has 2 fully saturated rings. The highest BCUT2D eigenvalue weighted by Gasteiger charge is 2.41. The Morgan fingerprint density at radius 1 is 1.15 bits per heavy atom. The van der Waals surface area contributed by atoms with E-state index in [-0.39, 0.29) is 40.6 Å². The summed E-state index contributed by atoms with van der Waals surface area (Å²) in [4.78, 5) is 39.6. The smallest absolute Gasteiger partial charge is 0.289 e. The number of thioether (sulfide) groups is 1. The van der Waals surface area contributed by atoms with Crippen LogP contribution in [0.5, 0.6) is 0 Å². The molecule has 1 aromatic carbocycles. The van der Waals surface area contributed by atoms with Crippen LogP contribution in [0.1, 0.15) is 36.2 Å². The Balaban J connectivity index is 1.49. The second-order valence-corrected chi connectivity index (χ2v) is 7.53. The zero-order valence-electron chi connectivity index (χ0n) is 14.6. The van der Waals surface area contributed by atoms with Gasteiger partial charge in [-0.3, -0.25) is 19.3 Å². The number of hydrogen-bond acceptors (Lipinski definition) is 6. The number of nitrogens with one attached hydrogen (secondary N) is 1. The highest BCUT2D eigenvalue weighted by Crippen LogP contribution is 2.30. The van der Waals surface area contributed by atoms with Gasteiger partial charge in [-0.05, 0) is 25.0 Å². The second kappa shape index (κ2) is 7.51. The minimum atomic E-state index is -0.346. The molecule has 27 heavy (non-hydrogen) atoms. The number of carbonyl (C=O) groups excluding carboxylic acids is 3. The van der Waals surface area contributed by atoms with Crippen molar-refractivity contribution in [1.29, 1.82) is 0 Å². The molecule has 1 saturated heterocycles. The second-order valence-electron chi connectivity index (χ2n) is 6.60. The van der Waals surface area contributed by atoms with E-state index in [0.29, 0.717) is 6.42 Å². The number of imide groups is 1. The number of nitrogens with zero attached hydrogens (tertiary/aromatic N) is 4. The third-order valence-corrected chi connectivity index (χ3v) is 5.71. The van der Waals surface area contributed by atoms with Crippen LogP contribution in [0.25, 0.3) is 5.69 Å². The molecule has 0 bridgehead atoms. The summed E-state index contributed by atoms with van der Waals surface area (Å²) in [7, 11) is 0. The van der Waals surface area contributed by atoms with Crippen LogP contribution in [-0.2, 0) is 4.79 Å². The molecule has 2 aliphatic rings. The summed E-state index contributed by atoms with van der Waals surface area (Å²) in [5.74, 6) is -0.339. The Labute approximate surface area is 160 Å². The van der Waals surface area contributed by atoms with Crippen molar-refractivity contribution in [3.8, 4) is 5.69 Å². The number of rotatable bonds is 4. The lowest BCUT2D eigenvalue weighted by molar-refractivity contribution is -0.127. The van der Waals surface area contributed by atoms with Gasteiger partial charge in [0.2, 0.25) is 5.91 Å². The van der Waals surface area contributed by atoms with E-state index in [2.05, 4.69) is 15.5 Å². The average Bonchev–Trinajstić information content (AvgIpc) is 3.30. The van der Waals surface area contributed by atoms with Gasteiger partial charge in [0.05, 0.1) is 29.7 Å². The van der Waals surface area contributed by atoms with E-state index in [1.165, 1.54) is 15.9 Å². The summed E-state index contributed by atoms with van der Waals surface area (Å²) in [6, 6.07) is 8.77.